The quantitative estimate of drug-likeness (QED) is 0.169. The highest BCUT2D eigenvalue weighted by molar-refractivity contribution is 7.22. The molecule has 0 bridgehead atoms. The fraction of sp³-hybridized carbons (Fsp3) is 0.103. The molecule has 2 aromatic heterocycles. The molecule has 1 aliphatic heterocycles. The van der Waals surface area contributed by atoms with Gasteiger partial charge in [-0.2, -0.15) is 10.1 Å². The van der Waals surface area contributed by atoms with Crippen LogP contribution >= 0.6 is 11.3 Å². The van der Waals surface area contributed by atoms with Crippen LogP contribution in [0.15, 0.2) is 87.3 Å². The zero-order valence-corrected chi connectivity index (χ0v) is 21.9. The summed E-state index contributed by atoms with van der Waals surface area (Å²) in [5.41, 5.74) is 1.56. The van der Waals surface area contributed by atoms with Crippen molar-refractivity contribution in [1.82, 2.24) is 4.98 Å². The first kappa shape index (κ1) is 25.1. The summed E-state index contributed by atoms with van der Waals surface area (Å²) in [6.07, 6.45) is 2.87. The molecule has 1 aliphatic rings. The van der Waals surface area contributed by atoms with Gasteiger partial charge in [-0.15, -0.1) is 0 Å². The van der Waals surface area contributed by atoms with Crippen molar-refractivity contribution in [3.63, 3.8) is 0 Å². The van der Waals surface area contributed by atoms with E-state index >= 15 is 0 Å². The van der Waals surface area contributed by atoms with E-state index in [1.165, 1.54) is 48.1 Å². The van der Waals surface area contributed by atoms with Crippen molar-refractivity contribution in [2.24, 2.45) is 5.10 Å². The number of carbonyl (C=O) groups is 3. The summed E-state index contributed by atoms with van der Waals surface area (Å²) in [5.74, 6) is -0.457. The number of benzene rings is 3. The van der Waals surface area contributed by atoms with E-state index in [4.69, 9.17) is 9.15 Å². The molecule has 40 heavy (non-hydrogen) atoms. The molecule has 0 N–H and O–H groups in total. The summed E-state index contributed by atoms with van der Waals surface area (Å²) in [4.78, 5) is 56.7. The Labute approximate surface area is 230 Å². The normalized spacial score (nSPS) is 13.6. The van der Waals surface area contributed by atoms with E-state index in [1.807, 2.05) is 0 Å². The first-order valence-electron chi connectivity index (χ1n) is 12.2. The fourth-order valence-electron chi connectivity index (χ4n) is 4.34. The van der Waals surface area contributed by atoms with Gasteiger partial charge in [-0.25, -0.2) is 4.98 Å². The van der Waals surface area contributed by atoms with Gasteiger partial charge in [0, 0.05) is 18.4 Å². The van der Waals surface area contributed by atoms with Gasteiger partial charge in [0.2, 0.25) is 22.4 Å². The smallest absolute Gasteiger partial charge is 0.280 e. The Morgan fingerprint density at radius 3 is 2.55 bits per heavy atom. The number of imide groups is 1. The number of nitrogens with zero attached hydrogens (tertiary/aromatic N) is 4. The van der Waals surface area contributed by atoms with Gasteiger partial charge >= 0.3 is 0 Å². The number of hydrazone groups is 1. The van der Waals surface area contributed by atoms with E-state index in [0.717, 1.165) is 14.6 Å². The minimum Gasteiger partial charge on any atom is -0.497 e. The molecule has 11 heteroatoms. The highest BCUT2D eigenvalue weighted by atomic mass is 32.1. The Balaban J connectivity index is 1.39. The van der Waals surface area contributed by atoms with Gasteiger partial charge in [0.05, 0.1) is 40.2 Å². The van der Waals surface area contributed by atoms with Crippen LogP contribution in [0.4, 0.5) is 10.8 Å². The van der Waals surface area contributed by atoms with Crippen molar-refractivity contribution >= 4 is 67.3 Å². The summed E-state index contributed by atoms with van der Waals surface area (Å²) in [6.45, 7) is 0. The number of anilines is 2. The van der Waals surface area contributed by atoms with Crippen LogP contribution in [0.1, 0.15) is 28.8 Å². The molecule has 3 aromatic carbocycles. The second-order valence-electron chi connectivity index (χ2n) is 8.88. The topological polar surface area (TPSA) is 122 Å². The number of amides is 3. The molecule has 0 aliphatic carbocycles. The standard InChI is InChI=1S/C29H20N4O6S/c1-38-20-10-11-22-24(14-20)40-29(31-22)33(30-15-18-16-39-23-5-3-2-4-21(23)27(18)36)28(37)17-6-8-19(9-7-17)32-25(34)12-13-26(32)35/h2-11,14-16H,12-13H2,1H3/b30-15+. The zero-order chi connectivity index (χ0) is 27.8. The summed E-state index contributed by atoms with van der Waals surface area (Å²) >= 11 is 1.23. The Morgan fingerprint density at radius 1 is 1.05 bits per heavy atom. The van der Waals surface area contributed by atoms with Crippen LogP contribution in [-0.2, 0) is 9.59 Å². The highest BCUT2D eigenvalue weighted by Crippen LogP contribution is 2.33. The van der Waals surface area contributed by atoms with Crippen molar-refractivity contribution in [2.45, 2.75) is 12.8 Å². The van der Waals surface area contributed by atoms with E-state index in [9.17, 15) is 19.2 Å². The number of hydrogen-bond donors (Lipinski definition) is 0. The summed E-state index contributed by atoms with van der Waals surface area (Å²) < 4.78 is 11.7. The second kappa shape index (κ2) is 10.2. The largest absolute Gasteiger partial charge is 0.497 e. The number of hydrogen-bond acceptors (Lipinski definition) is 9. The molecule has 0 unspecified atom stereocenters. The molecule has 0 atom stereocenters. The van der Waals surface area contributed by atoms with Crippen LogP contribution in [0.25, 0.3) is 21.2 Å². The molecule has 0 radical (unpaired) electrons. The number of para-hydroxylation sites is 1. The second-order valence-corrected chi connectivity index (χ2v) is 9.89. The van der Waals surface area contributed by atoms with Crippen LogP contribution in [0.5, 0.6) is 5.75 Å². The third kappa shape index (κ3) is 4.52. The van der Waals surface area contributed by atoms with Gasteiger partial charge in [-0.1, -0.05) is 23.5 Å². The van der Waals surface area contributed by atoms with Crippen LogP contribution in [0.3, 0.4) is 0 Å². The number of methoxy groups -OCH3 is 1. The Hall–Kier alpha value is -5.16. The molecule has 198 valence electrons. The number of fused-ring (bicyclic) bond motifs is 2. The van der Waals surface area contributed by atoms with E-state index in [0.29, 0.717) is 27.9 Å². The minimum absolute atomic E-state index is 0.153. The van der Waals surface area contributed by atoms with E-state index in [1.54, 1.807) is 49.6 Å². The van der Waals surface area contributed by atoms with Crippen molar-refractivity contribution in [3.05, 3.63) is 94.3 Å². The van der Waals surface area contributed by atoms with Gasteiger partial charge in [0.15, 0.2) is 0 Å². The molecular weight excluding hydrogens is 532 g/mol. The summed E-state index contributed by atoms with van der Waals surface area (Å²) in [6, 6.07) is 18.3. The van der Waals surface area contributed by atoms with E-state index in [-0.39, 0.29) is 46.3 Å². The first-order chi connectivity index (χ1) is 19.4. The number of ether oxygens (including phenoxy) is 1. The van der Waals surface area contributed by atoms with Crippen LogP contribution in [0.2, 0.25) is 0 Å². The Bertz CT molecular complexity index is 1880. The molecule has 0 saturated carbocycles. The lowest BCUT2D eigenvalue weighted by Gasteiger charge is -2.16. The average Bonchev–Trinajstić information content (AvgIpc) is 3.55. The molecule has 1 saturated heterocycles. The fourth-order valence-corrected chi connectivity index (χ4v) is 5.29. The molecule has 3 heterocycles. The highest BCUT2D eigenvalue weighted by Gasteiger charge is 2.30. The number of thiazole rings is 1. The van der Waals surface area contributed by atoms with Gasteiger partial charge in [-0.05, 0) is 54.6 Å². The van der Waals surface area contributed by atoms with Crippen LogP contribution in [0, 0.1) is 0 Å². The van der Waals surface area contributed by atoms with Crippen LogP contribution < -0.4 is 20.1 Å². The van der Waals surface area contributed by atoms with Gasteiger partial charge in [0.25, 0.3) is 5.91 Å². The first-order valence-corrected chi connectivity index (χ1v) is 13.0. The molecule has 6 rings (SSSR count). The monoisotopic (exact) mass is 552 g/mol. The predicted molar refractivity (Wildman–Crippen MR) is 151 cm³/mol. The molecule has 1 fully saturated rings. The molecule has 10 nitrogen and oxygen atoms in total. The average molecular weight is 553 g/mol. The van der Waals surface area contributed by atoms with Gasteiger partial charge in [-0.3, -0.25) is 24.1 Å². The molecule has 0 spiro atoms. The Morgan fingerprint density at radius 2 is 1.80 bits per heavy atom. The van der Waals surface area contributed by atoms with Crippen LogP contribution in [-0.4, -0.2) is 36.0 Å². The third-order valence-corrected chi connectivity index (χ3v) is 7.39. The molecule has 3 amide bonds. The van der Waals surface area contributed by atoms with E-state index in [2.05, 4.69) is 10.1 Å². The number of rotatable bonds is 6. The van der Waals surface area contributed by atoms with Crippen molar-refractivity contribution < 1.29 is 23.5 Å². The van der Waals surface area contributed by atoms with Crippen molar-refractivity contribution in [3.8, 4) is 5.75 Å². The lowest BCUT2D eigenvalue weighted by atomic mass is 10.2. The van der Waals surface area contributed by atoms with E-state index < -0.39 is 5.91 Å². The summed E-state index contributed by atoms with van der Waals surface area (Å²) in [7, 11) is 1.56. The predicted octanol–water partition coefficient (Wildman–Crippen LogP) is 4.75. The Kier molecular flexibility index (Phi) is 6.40. The minimum atomic E-state index is -0.530. The lowest BCUT2D eigenvalue weighted by molar-refractivity contribution is -0.121. The summed E-state index contributed by atoms with van der Waals surface area (Å²) in [5, 5.41) is 6.13. The zero-order valence-electron chi connectivity index (χ0n) is 21.1. The number of carbonyl (C=O) groups excluding carboxylic acids is 3. The lowest BCUT2D eigenvalue weighted by Crippen LogP contribution is -2.29. The number of aromatic nitrogens is 1. The maximum Gasteiger partial charge on any atom is 0.280 e. The SMILES string of the molecule is COc1ccc2nc(N(/N=C/c3coc4ccccc4c3=O)C(=O)c3ccc(N4C(=O)CCC4=O)cc3)sc2c1. The molecule has 5 aromatic rings. The van der Waals surface area contributed by atoms with Gasteiger partial charge < -0.3 is 9.15 Å². The maximum absolute atomic E-state index is 13.7. The van der Waals surface area contributed by atoms with Gasteiger partial charge in [0.1, 0.15) is 17.6 Å². The van der Waals surface area contributed by atoms with Crippen molar-refractivity contribution in [1.29, 1.82) is 0 Å². The maximum atomic E-state index is 13.7. The van der Waals surface area contributed by atoms with Crippen molar-refractivity contribution in [2.75, 3.05) is 17.0 Å². The molecular formula is C29H20N4O6S. The third-order valence-electron chi connectivity index (χ3n) is 6.40.